The highest BCUT2D eigenvalue weighted by Gasteiger charge is 2.61. The summed E-state index contributed by atoms with van der Waals surface area (Å²) in [5.74, 6) is -1.42. The Morgan fingerprint density at radius 3 is 2.87 bits per heavy atom. The predicted octanol–water partition coefficient (Wildman–Crippen LogP) is 2.41. The predicted molar refractivity (Wildman–Crippen MR) is 74.7 cm³/mol. The van der Waals surface area contributed by atoms with Gasteiger partial charge in [0.25, 0.3) is 5.91 Å². The number of pyridine rings is 1. The molecule has 0 spiro atoms. The van der Waals surface area contributed by atoms with Gasteiger partial charge in [-0.3, -0.25) is 4.79 Å². The molecular formula is C14H15F3N4O2. The van der Waals surface area contributed by atoms with E-state index in [1.165, 1.54) is 17.6 Å². The number of halogens is 3. The Morgan fingerprint density at radius 2 is 2.22 bits per heavy atom. The SMILES string of the molecule is C[C@H]1CC(C(=O)Nc2ccc3cnnn3c2)O[C@@]1(C)C(F)(F)F. The number of nitrogens with one attached hydrogen (secondary N) is 1. The summed E-state index contributed by atoms with van der Waals surface area (Å²) in [7, 11) is 0. The van der Waals surface area contributed by atoms with Gasteiger partial charge in [-0.1, -0.05) is 12.1 Å². The smallest absolute Gasteiger partial charge is 0.352 e. The first-order valence-electron chi connectivity index (χ1n) is 7.06. The van der Waals surface area contributed by atoms with Crippen molar-refractivity contribution in [1.82, 2.24) is 14.8 Å². The fraction of sp³-hybridized carbons (Fsp3) is 0.500. The number of nitrogens with zero attached hydrogens (tertiary/aromatic N) is 3. The quantitative estimate of drug-likeness (QED) is 0.919. The van der Waals surface area contributed by atoms with E-state index in [1.54, 1.807) is 18.3 Å². The lowest BCUT2D eigenvalue weighted by molar-refractivity contribution is -0.272. The highest BCUT2D eigenvalue weighted by Crippen LogP contribution is 2.46. The number of ether oxygens (including phenoxy) is 1. The molecule has 0 saturated carbocycles. The largest absolute Gasteiger partial charge is 0.417 e. The van der Waals surface area contributed by atoms with Gasteiger partial charge in [0, 0.05) is 0 Å². The van der Waals surface area contributed by atoms with Crippen molar-refractivity contribution in [2.45, 2.75) is 38.1 Å². The van der Waals surface area contributed by atoms with Crippen LogP contribution in [0.2, 0.25) is 0 Å². The average molecular weight is 328 g/mol. The van der Waals surface area contributed by atoms with Crippen LogP contribution in [0.4, 0.5) is 18.9 Å². The zero-order valence-corrected chi connectivity index (χ0v) is 12.5. The molecule has 23 heavy (non-hydrogen) atoms. The summed E-state index contributed by atoms with van der Waals surface area (Å²) in [6.45, 7) is 2.41. The molecule has 1 amide bonds. The average Bonchev–Trinajstić information content (AvgIpc) is 3.03. The minimum absolute atomic E-state index is 0.00735. The van der Waals surface area contributed by atoms with Crippen LogP contribution < -0.4 is 5.32 Å². The molecule has 6 nitrogen and oxygen atoms in total. The Balaban J connectivity index is 1.74. The van der Waals surface area contributed by atoms with Crippen LogP contribution in [0.5, 0.6) is 0 Å². The lowest BCUT2D eigenvalue weighted by Gasteiger charge is -2.30. The highest BCUT2D eigenvalue weighted by molar-refractivity contribution is 5.94. The third-order valence-corrected chi connectivity index (χ3v) is 4.32. The molecule has 2 aromatic rings. The maximum Gasteiger partial charge on any atom is 0.417 e. The number of amides is 1. The zero-order chi connectivity index (χ0) is 16.8. The molecule has 1 aliphatic heterocycles. The highest BCUT2D eigenvalue weighted by atomic mass is 19.4. The van der Waals surface area contributed by atoms with E-state index in [-0.39, 0.29) is 6.42 Å². The number of carbonyl (C=O) groups is 1. The van der Waals surface area contributed by atoms with E-state index in [1.807, 2.05) is 0 Å². The molecule has 3 atom stereocenters. The first-order valence-corrected chi connectivity index (χ1v) is 7.06. The molecular weight excluding hydrogens is 313 g/mol. The second-order valence-electron chi connectivity index (χ2n) is 5.86. The molecule has 0 radical (unpaired) electrons. The van der Waals surface area contributed by atoms with E-state index in [0.29, 0.717) is 5.69 Å². The molecule has 9 heteroatoms. The molecule has 0 bridgehead atoms. The normalized spacial score (nSPS) is 28.2. The number of anilines is 1. The van der Waals surface area contributed by atoms with Gasteiger partial charge >= 0.3 is 6.18 Å². The molecule has 0 aliphatic carbocycles. The van der Waals surface area contributed by atoms with Crippen molar-refractivity contribution in [3.63, 3.8) is 0 Å². The fourth-order valence-corrected chi connectivity index (χ4v) is 2.63. The molecule has 3 rings (SSSR count). The summed E-state index contributed by atoms with van der Waals surface area (Å²) in [5.41, 5.74) is -1.17. The van der Waals surface area contributed by atoms with E-state index in [0.717, 1.165) is 12.4 Å². The fourth-order valence-electron chi connectivity index (χ4n) is 2.63. The van der Waals surface area contributed by atoms with Gasteiger partial charge in [-0.25, -0.2) is 4.52 Å². The van der Waals surface area contributed by atoms with Crippen molar-refractivity contribution < 1.29 is 22.7 Å². The summed E-state index contributed by atoms with van der Waals surface area (Å²) in [6.07, 6.45) is -2.60. The molecule has 3 heterocycles. The van der Waals surface area contributed by atoms with Crippen LogP contribution in [-0.2, 0) is 9.53 Å². The summed E-state index contributed by atoms with van der Waals surface area (Å²) in [4.78, 5) is 12.2. The van der Waals surface area contributed by atoms with E-state index in [9.17, 15) is 18.0 Å². The third kappa shape index (κ3) is 2.65. The number of aromatic nitrogens is 3. The van der Waals surface area contributed by atoms with Gasteiger partial charge in [0.2, 0.25) is 0 Å². The minimum atomic E-state index is -4.53. The Kier molecular flexibility index (Phi) is 3.55. The molecule has 1 saturated heterocycles. The summed E-state index contributed by atoms with van der Waals surface area (Å²) in [6, 6.07) is 3.31. The Labute approximate surface area is 129 Å². The Bertz CT molecular complexity index is 745. The van der Waals surface area contributed by atoms with Crippen molar-refractivity contribution in [2.75, 3.05) is 5.32 Å². The zero-order valence-electron chi connectivity index (χ0n) is 12.5. The molecule has 1 N–H and O–H groups in total. The number of carbonyl (C=O) groups excluding carboxylic acids is 1. The van der Waals surface area contributed by atoms with Gasteiger partial charge < -0.3 is 10.1 Å². The first-order chi connectivity index (χ1) is 10.7. The standard InChI is InChI=1S/C14H15F3N4O2/c1-8-5-11(23-13(8,2)14(15,16)17)12(22)19-9-3-4-10-6-18-20-21(10)7-9/h3-4,6-8,11H,5H2,1-2H3,(H,19,22)/t8-,11?,13+/m0/s1. The maximum absolute atomic E-state index is 13.1. The van der Waals surface area contributed by atoms with Crippen LogP contribution >= 0.6 is 0 Å². The lowest BCUT2D eigenvalue weighted by atomic mass is 9.89. The Morgan fingerprint density at radius 1 is 1.48 bits per heavy atom. The number of hydrogen-bond acceptors (Lipinski definition) is 4. The van der Waals surface area contributed by atoms with Crippen LogP contribution in [0.25, 0.3) is 5.52 Å². The van der Waals surface area contributed by atoms with Crippen LogP contribution in [-0.4, -0.2) is 38.6 Å². The third-order valence-electron chi connectivity index (χ3n) is 4.32. The van der Waals surface area contributed by atoms with Crippen LogP contribution in [0.15, 0.2) is 24.5 Å². The molecule has 0 aromatic carbocycles. The van der Waals surface area contributed by atoms with Crippen molar-refractivity contribution in [3.8, 4) is 0 Å². The number of alkyl halides is 3. The summed E-state index contributed by atoms with van der Waals surface area (Å²) >= 11 is 0. The maximum atomic E-state index is 13.1. The number of fused-ring (bicyclic) bond motifs is 1. The van der Waals surface area contributed by atoms with Crippen LogP contribution in [0, 0.1) is 5.92 Å². The monoisotopic (exact) mass is 328 g/mol. The van der Waals surface area contributed by atoms with Gasteiger partial charge in [-0.15, -0.1) is 5.10 Å². The van der Waals surface area contributed by atoms with Gasteiger partial charge in [-0.2, -0.15) is 13.2 Å². The number of hydrogen-bond donors (Lipinski definition) is 1. The molecule has 1 fully saturated rings. The van der Waals surface area contributed by atoms with Crippen molar-refractivity contribution in [2.24, 2.45) is 5.92 Å². The molecule has 124 valence electrons. The Hall–Kier alpha value is -2.16. The van der Waals surface area contributed by atoms with Gasteiger partial charge in [0.05, 0.1) is 23.6 Å². The summed E-state index contributed by atoms with van der Waals surface area (Å²) < 4.78 is 45.9. The second-order valence-corrected chi connectivity index (χ2v) is 5.86. The first kappa shape index (κ1) is 15.7. The van der Waals surface area contributed by atoms with Crippen molar-refractivity contribution in [1.29, 1.82) is 0 Å². The van der Waals surface area contributed by atoms with Crippen LogP contribution in [0.3, 0.4) is 0 Å². The molecule has 1 unspecified atom stereocenters. The topological polar surface area (TPSA) is 68.5 Å². The molecule has 1 aliphatic rings. The van der Waals surface area contributed by atoms with E-state index in [4.69, 9.17) is 4.74 Å². The minimum Gasteiger partial charge on any atom is -0.352 e. The van der Waals surface area contributed by atoms with Crippen molar-refractivity contribution >= 4 is 17.1 Å². The van der Waals surface area contributed by atoms with E-state index >= 15 is 0 Å². The van der Waals surface area contributed by atoms with Crippen molar-refractivity contribution in [3.05, 3.63) is 24.5 Å². The van der Waals surface area contributed by atoms with E-state index in [2.05, 4.69) is 15.6 Å². The van der Waals surface area contributed by atoms with E-state index < -0.39 is 29.7 Å². The summed E-state index contributed by atoms with van der Waals surface area (Å²) in [5, 5.41) is 10.0. The number of rotatable bonds is 2. The second kappa shape index (κ2) is 5.19. The van der Waals surface area contributed by atoms with Gasteiger partial charge in [0.1, 0.15) is 6.10 Å². The van der Waals surface area contributed by atoms with Gasteiger partial charge in [0.15, 0.2) is 5.60 Å². The van der Waals surface area contributed by atoms with Gasteiger partial charge in [-0.05, 0) is 31.4 Å². The lowest BCUT2D eigenvalue weighted by Crippen LogP contribution is -2.47. The molecule has 2 aromatic heterocycles. The van der Waals surface area contributed by atoms with Crippen LogP contribution in [0.1, 0.15) is 20.3 Å².